The van der Waals surface area contributed by atoms with Gasteiger partial charge in [0.05, 0.1) is 0 Å². The van der Waals surface area contributed by atoms with Crippen molar-refractivity contribution in [3.63, 3.8) is 0 Å². The number of hydrogen-bond acceptors (Lipinski definition) is 5. The van der Waals surface area contributed by atoms with Gasteiger partial charge in [-0.05, 0) is 19.1 Å². The Morgan fingerprint density at radius 2 is 2.00 bits per heavy atom. The van der Waals surface area contributed by atoms with Crippen LogP contribution < -0.4 is 10.9 Å². The van der Waals surface area contributed by atoms with E-state index in [0.29, 0.717) is 17.4 Å². The Hall–Kier alpha value is -2.70. The molecule has 7 nitrogen and oxygen atoms in total. The number of nitrogens with zero attached hydrogens (tertiary/aromatic N) is 4. The quantitative estimate of drug-likeness (QED) is 0.696. The predicted molar refractivity (Wildman–Crippen MR) is 65.9 cm³/mol. The maximum atomic E-state index is 12.0. The molecule has 0 saturated heterocycles. The lowest BCUT2D eigenvalue weighted by Gasteiger charge is -2.02. The fraction of sp³-hybridized carbons (Fsp3) is 0.0909. The van der Waals surface area contributed by atoms with E-state index in [-0.39, 0.29) is 5.56 Å². The summed E-state index contributed by atoms with van der Waals surface area (Å²) in [5, 5.41) is 17.3. The zero-order valence-electron chi connectivity index (χ0n) is 9.58. The van der Waals surface area contributed by atoms with Gasteiger partial charge in [0.2, 0.25) is 5.95 Å². The fourth-order valence-electron chi connectivity index (χ4n) is 1.62. The van der Waals surface area contributed by atoms with Crippen LogP contribution >= 0.6 is 0 Å². The largest absolute Gasteiger partial charge is 0.324 e. The van der Waals surface area contributed by atoms with Crippen LogP contribution in [0.15, 0.2) is 35.1 Å². The lowest BCUT2D eigenvalue weighted by atomic mass is 10.3. The van der Waals surface area contributed by atoms with Gasteiger partial charge >= 0.3 is 0 Å². The van der Waals surface area contributed by atoms with Gasteiger partial charge in [-0.3, -0.25) is 4.79 Å². The molecule has 0 fully saturated rings. The van der Waals surface area contributed by atoms with E-state index in [9.17, 15) is 4.79 Å². The highest BCUT2D eigenvalue weighted by Crippen LogP contribution is 2.12. The van der Waals surface area contributed by atoms with E-state index in [0.717, 1.165) is 5.69 Å². The second-order valence-corrected chi connectivity index (χ2v) is 3.79. The number of anilines is 2. The molecule has 0 aliphatic carbocycles. The monoisotopic (exact) mass is 242 g/mol. The van der Waals surface area contributed by atoms with Crippen LogP contribution in [0.4, 0.5) is 11.6 Å². The van der Waals surface area contributed by atoms with Gasteiger partial charge < -0.3 is 5.32 Å². The molecule has 0 bridgehead atoms. The molecule has 7 heteroatoms. The summed E-state index contributed by atoms with van der Waals surface area (Å²) in [6.45, 7) is 1.61. The van der Waals surface area contributed by atoms with Crippen LogP contribution in [0.3, 0.4) is 0 Å². The number of para-hydroxylation sites is 1. The van der Waals surface area contributed by atoms with Gasteiger partial charge in [-0.15, -0.1) is 15.3 Å². The summed E-state index contributed by atoms with van der Waals surface area (Å²) in [4.78, 5) is 12.0. The van der Waals surface area contributed by atoms with Gasteiger partial charge in [0, 0.05) is 5.69 Å². The van der Waals surface area contributed by atoms with Crippen molar-refractivity contribution in [3.8, 4) is 0 Å². The molecule has 3 rings (SSSR count). The molecule has 0 aliphatic heterocycles. The lowest BCUT2D eigenvalue weighted by Crippen LogP contribution is -2.19. The number of nitrogens with one attached hydrogen (secondary N) is 2. The number of hydrogen-bond donors (Lipinski definition) is 2. The average Bonchev–Trinajstić information content (AvgIpc) is 2.79. The molecule has 90 valence electrons. The Bertz CT molecular complexity index is 745. The third-order valence-electron chi connectivity index (χ3n) is 2.52. The molecule has 2 heterocycles. The maximum Gasteiger partial charge on any atom is 0.283 e. The summed E-state index contributed by atoms with van der Waals surface area (Å²) in [7, 11) is 0. The van der Waals surface area contributed by atoms with Crippen molar-refractivity contribution < 1.29 is 0 Å². The Labute approximate surface area is 101 Å². The smallest absolute Gasteiger partial charge is 0.283 e. The highest BCUT2D eigenvalue weighted by molar-refractivity contribution is 5.54. The van der Waals surface area contributed by atoms with Crippen LogP contribution in [0.1, 0.15) is 5.69 Å². The van der Waals surface area contributed by atoms with Crippen LogP contribution in [-0.4, -0.2) is 24.8 Å². The molecular weight excluding hydrogens is 232 g/mol. The summed E-state index contributed by atoms with van der Waals surface area (Å²) in [5.74, 6) is 0.697. The van der Waals surface area contributed by atoms with Crippen molar-refractivity contribution in [2.45, 2.75) is 6.92 Å². The standard InChI is InChI=1S/C11H10N6O/c1-7-9(18)17-10(14-16-11(17)15-13-7)12-8-5-3-2-4-6-8/h2-6H,1H3,(H,12,14)(H,15,16). The minimum atomic E-state index is -0.243. The van der Waals surface area contributed by atoms with Gasteiger partial charge in [-0.25, -0.2) is 9.50 Å². The van der Waals surface area contributed by atoms with Crippen LogP contribution in [0, 0.1) is 6.92 Å². The molecule has 1 aromatic carbocycles. The molecular formula is C11H10N6O. The van der Waals surface area contributed by atoms with Crippen LogP contribution in [0.2, 0.25) is 0 Å². The highest BCUT2D eigenvalue weighted by atomic mass is 16.1. The number of aromatic amines is 1. The molecule has 0 unspecified atom stereocenters. The predicted octanol–water partition coefficient (Wildman–Crippen LogP) is 0.865. The first kappa shape index (κ1) is 10.5. The molecule has 0 spiro atoms. The summed E-state index contributed by atoms with van der Waals surface area (Å²) in [6.07, 6.45) is 0. The fourth-order valence-corrected chi connectivity index (χ4v) is 1.62. The second kappa shape index (κ2) is 3.95. The van der Waals surface area contributed by atoms with E-state index < -0.39 is 0 Å². The Balaban J connectivity index is 2.13. The normalized spacial score (nSPS) is 10.7. The summed E-state index contributed by atoms with van der Waals surface area (Å²) >= 11 is 0. The third kappa shape index (κ3) is 1.61. The number of aromatic nitrogens is 5. The van der Waals surface area contributed by atoms with Gasteiger partial charge in [-0.1, -0.05) is 18.2 Å². The van der Waals surface area contributed by atoms with Crippen LogP contribution in [0.25, 0.3) is 5.78 Å². The summed E-state index contributed by atoms with van der Waals surface area (Å²) < 4.78 is 1.36. The topological polar surface area (TPSA) is 88.0 Å². The Kier molecular flexibility index (Phi) is 2.30. The van der Waals surface area contributed by atoms with E-state index in [1.165, 1.54) is 4.40 Å². The van der Waals surface area contributed by atoms with E-state index >= 15 is 0 Å². The van der Waals surface area contributed by atoms with E-state index in [1.54, 1.807) is 6.92 Å². The minimum Gasteiger partial charge on any atom is -0.324 e. The van der Waals surface area contributed by atoms with Crippen molar-refractivity contribution in [2.24, 2.45) is 0 Å². The van der Waals surface area contributed by atoms with E-state index in [1.807, 2.05) is 30.3 Å². The molecule has 2 aromatic heterocycles. The molecule has 0 radical (unpaired) electrons. The van der Waals surface area contributed by atoms with Gasteiger partial charge in [0.15, 0.2) is 0 Å². The average molecular weight is 242 g/mol. The zero-order chi connectivity index (χ0) is 12.5. The van der Waals surface area contributed by atoms with Crippen molar-refractivity contribution in [1.82, 2.24) is 24.8 Å². The Morgan fingerprint density at radius 3 is 2.78 bits per heavy atom. The van der Waals surface area contributed by atoms with Crippen molar-refractivity contribution in [2.75, 3.05) is 5.32 Å². The van der Waals surface area contributed by atoms with Gasteiger partial charge in [0.25, 0.3) is 11.3 Å². The molecule has 0 saturated carbocycles. The van der Waals surface area contributed by atoms with Crippen LogP contribution in [0.5, 0.6) is 0 Å². The third-order valence-corrected chi connectivity index (χ3v) is 2.52. The molecule has 0 amide bonds. The highest BCUT2D eigenvalue weighted by Gasteiger charge is 2.10. The van der Waals surface area contributed by atoms with Gasteiger partial charge in [0.1, 0.15) is 5.69 Å². The molecule has 0 aliphatic rings. The molecule has 0 atom stereocenters. The molecule has 3 aromatic rings. The molecule has 2 N–H and O–H groups in total. The van der Waals surface area contributed by atoms with Gasteiger partial charge in [-0.2, -0.15) is 0 Å². The first-order chi connectivity index (χ1) is 8.75. The number of fused-ring (bicyclic) bond motifs is 1. The minimum absolute atomic E-state index is 0.243. The second-order valence-electron chi connectivity index (χ2n) is 3.79. The Morgan fingerprint density at radius 1 is 1.22 bits per heavy atom. The van der Waals surface area contributed by atoms with Crippen molar-refractivity contribution >= 4 is 17.4 Å². The lowest BCUT2D eigenvalue weighted by molar-refractivity contribution is 0.893. The van der Waals surface area contributed by atoms with Crippen molar-refractivity contribution in [3.05, 3.63) is 46.4 Å². The van der Waals surface area contributed by atoms with E-state index in [4.69, 9.17) is 0 Å². The van der Waals surface area contributed by atoms with E-state index in [2.05, 4.69) is 25.7 Å². The number of benzene rings is 1. The SMILES string of the molecule is Cc1nnc2[nH]nc(Nc3ccccc3)n2c1=O. The first-order valence-electron chi connectivity index (χ1n) is 5.38. The first-order valence-corrected chi connectivity index (χ1v) is 5.38. The molecule has 18 heavy (non-hydrogen) atoms. The number of H-pyrrole nitrogens is 1. The summed E-state index contributed by atoms with van der Waals surface area (Å²) in [5.41, 5.74) is 0.921. The van der Waals surface area contributed by atoms with Crippen LogP contribution in [-0.2, 0) is 0 Å². The number of aryl methyl sites for hydroxylation is 1. The number of rotatable bonds is 2. The maximum absolute atomic E-state index is 12.0. The zero-order valence-corrected chi connectivity index (χ0v) is 9.58. The summed E-state index contributed by atoms with van der Waals surface area (Å²) in [6, 6.07) is 9.46. The van der Waals surface area contributed by atoms with Crippen molar-refractivity contribution in [1.29, 1.82) is 0 Å².